The molecule has 0 bridgehead atoms. The molecule has 10 nitrogen and oxygen atoms in total. The number of allylic oxidation sites excluding steroid dienone is 1. The largest absolute Gasteiger partial charge is 0.460 e. The number of hydrogen-bond acceptors (Lipinski definition) is 9. The summed E-state index contributed by atoms with van der Waals surface area (Å²) in [6.45, 7) is 11.3. The number of unbranched alkanes of at least 4 members (excludes halogenated alkanes) is 4. The molecule has 3 rings (SSSR count). The van der Waals surface area contributed by atoms with Crippen molar-refractivity contribution in [2.75, 3.05) is 33.4 Å². The third-order valence-electron chi connectivity index (χ3n) is 9.49. The molecule has 7 atom stereocenters. The lowest BCUT2D eigenvalue weighted by atomic mass is 9.68. The fraction of sp³-hybridized carbons (Fsp3) is 0.848. The van der Waals surface area contributed by atoms with Gasteiger partial charge < -0.3 is 29.0 Å². The number of Topliss-reactive ketones (excluding diaryl/α,β-unsaturated/α-hetero) is 1. The lowest BCUT2D eigenvalue weighted by Gasteiger charge is -2.42. The number of carbonyl (C=O) groups is 3. The Morgan fingerprint density at radius 3 is 2.45 bits per heavy atom. The van der Waals surface area contributed by atoms with E-state index in [0.717, 1.165) is 44.9 Å². The molecule has 3 unspecified atom stereocenters. The highest BCUT2D eigenvalue weighted by Crippen LogP contribution is 2.59. The Bertz CT molecular complexity index is 983. The second-order valence-corrected chi connectivity index (χ2v) is 13.5. The maximum Gasteiger partial charge on any atom is 0.407 e. The van der Waals surface area contributed by atoms with Gasteiger partial charge in [0, 0.05) is 26.0 Å². The maximum atomic E-state index is 13.2. The molecule has 0 aromatic carbocycles. The zero-order valence-electron chi connectivity index (χ0n) is 27.6. The second kappa shape index (κ2) is 17.0. The van der Waals surface area contributed by atoms with Crippen LogP contribution in [-0.4, -0.2) is 80.8 Å². The number of alkyl carbamates (subject to hydrolysis) is 1. The van der Waals surface area contributed by atoms with E-state index in [1.165, 1.54) is 11.1 Å². The molecule has 44 heavy (non-hydrogen) atoms. The van der Waals surface area contributed by atoms with E-state index >= 15 is 0 Å². The molecule has 3 aliphatic rings. The van der Waals surface area contributed by atoms with Crippen LogP contribution in [-0.2, 0) is 33.3 Å². The number of carbonyl (C=O) groups excluding carboxylic acids is 3. The first kappa shape index (κ1) is 36.4. The minimum Gasteiger partial charge on any atom is -0.460 e. The highest BCUT2D eigenvalue weighted by Gasteiger charge is 2.72. The van der Waals surface area contributed by atoms with E-state index in [-0.39, 0.29) is 66.9 Å². The minimum atomic E-state index is -0.502. The van der Waals surface area contributed by atoms with E-state index in [1.54, 1.807) is 7.11 Å². The summed E-state index contributed by atoms with van der Waals surface area (Å²) in [4.78, 5) is 36.7. The molecule has 1 amide bonds. The highest BCUT2D eigenvalue weighted by molar-refractivity contribution is 5.80. The summed E-state index contributed by atoms with van der Waals surface area (Å²) in [7, 11) is 1.66. The van der Waals surface area contributed by atoms with E-state index in [0.29, 0.717) is 26.0 Å². The molecule has 1 aliphatic carbocycles. The summed E-state index contributed by atoms with van der Waals surface area (Å²) in [6, 6.07) is 0. The summed E-state index contributed by atoms with van der Waals surface area (Å²) < 4.78 is 41.7. The zero-order valence-corrected chi connectivity index (χ0v) is 27.6. The van der Waals surface area contributed by atoms with Gasteiger partial charge in [0.15, 0.2) is 0 Å². The van der Waals surface area contributed by atoms with Gasteiger partial charge in [-0.3, -0.25) is 9.59 Å². The molecular formula is C33H55FN2O8. The number of halogens is 1. The van der Waals surface area contributed by atoms with Crippen LogP contribution in [0, 0.1) is 17.8 Å². The number of esters is 1. The third kappa shape index (κ3) is 10.5. The van der Waals surface area contributed by atoms with Crippen molar-refractivity contribution in [2.24, 2.45) is 17.8 Å². The van der Waals surface area contributed by atoms with E-state index in [4.69, 9.17) is 23.7 Å². The van der Waals surface area contributed by atoms with Crippen LogP contribution in [0.2, 0.25) is 0 Å². The van der Waals surface area contributed by atoms with Crippen molar-refractivity contribution >= 4 is 17.8 Å². The number of amides is 1. The number of rotatable bonds is 20. The summed E-state index contributed by atoms with van der Waals surface area (Å²) in [5.74, 6) is -0.561. The Balaban J connectivity index is 1.40. The molecule has 252 valence electrons. The summed E-state index contributed by atoms with van der Waals surface area (Å²) >= 11 is 0. The van der Waals surface area contributed by atoms with Crippen molar-refractivity contribution in [3.63, 3.8) is 0 Å². The number of nitrogens with one attached hydrogen (secondary N) is 2. The molecule has 2 aliphatic heterocycles. The molecule has 1 spiro atoms. The average Bonchev–Trinajstić information content (AvgIpc) is 3.88. The van der Waals surface area contributed by atoms with Crippen molar-refractivity contribution in [1.82, 2.24) is 10.9 Å². The van der Waals surface area contributed by atoms with Crippen molar-refractivity contribution in [3.8, 4) is 0 Å². The SMILES string of the molecule is COC1C(OC(=O)C[C@@H](COC(=O)NCCCCCCCC(=O)CNF)C(C)C)CC[C@]2(CO2)C1[C@@]1(C)O[C@@H]1CC=C(C)C. The van der Waals surface area contributed by atoms with Gasteiger partial charge in [0.25, 0.3) is 0 Å². The van der Waals surface area contributed by atoms with Gasteiger partial charge in [-0.2, -0.15) is 5.54 Å². The van der Waals surface area contributed by atoms with Crippen LogP contribution in [0.1, 0.15) is 98.8 Å². The highest BCUT2D eigenvalue weighted by atomic mass is 19.2. The standard InChI is InChI=1S/C33H55FN2O8/c1-22(2)13-14-27-32(5,44-27)30-29(40-6)26(15-16-33(30)21-42-33)43-28(38)18-24(23(3)4)20-41-31(39)35-17-11-9-7-8-10-12-25(37)19-36-34/h13,23-24,26-27,29-30,36H,7-12,14-21H2,1-6H3,(H,35,39)/t24-,26?,27+,29?,30?,32-,33-/m0/s1. The molecule has 2 heterocycles. The number of ether oxygens (including phenoxy) is 5. The topological polar surface area (TPSA) is 128 Å². The van der Waals surface area contributed by atoms with E-state index in [9.17, 15) is 18.9 Å². The van der Waals surface area contributed by atoms with Crippen LogP contribution in [0.5, 0.6) is 0 Å². The predicted octanol–water partition coefficient (Wildman–Crippen LogP) is 5.38. The normalized spacial score (nSPS) is 29.6. The second-order valence-electron chi connectivity index (χ2n) is 13.5. The molecule has 1 saturated carbocycles. The summed E-state index contributed by atoms with van der Waals surface area (Å²) in [6.07, 6.45) is 8.12. The number of ketones is 1. The maximum absolute atomic E-state index is 13.2. The van der Waals surface area contributed by atoms with E-state index in [2.05, 4.69) is 32.2 Å². The first-order valence-electron chi connectivity index (χ1n) is 16.4. The van der Waals surface area contributed by atoms with Gasteiger partial charge in [0.2, 0.25) is 0 Å². The number of methoxy groups -OCH3 is 1. The van der Waals surface area contributed by atoms with Crippen molar-refractivity contribution in [1.29, 1.82) is 0 Å². The van der Waals surface area contributed by atoms with Gasteiger partial charge in [-0.1, -0.05) is 44.8 Å². The van der Waals surface area contributed by atoms with Gasteiger partial charge in [-0.15, -0.1) is 4.48 Å². The van der Waals surface area contributed by atoms with Crippen LogP contribution in [0.4, 0.5) is 9.28 Å². The lowest BCUT2D eigenvalue weighted by Crippen LogP contribution is -2.55. The predicted molar refractivity (Wildman–Crippen MR) is 164 cm³/mol. The molecule has 0 aromatic heterocycles. The Hall–Kier alpha value is -2.08. The fourth-order valence-electron chi connectivity index (χ4n) is 6.55. The van der Waals surface area contributed by atoms with Gasteiger partial charge in [0.05, 0.1) is 38.2 Å². The molecule has 0 aromatic rings. The molecule has 3 fully saturated rings. The van der Waals surface area contributed by atoms with E-state index < -0.39 is 17.8 Å². The number of hydrogen-bond donors (Lipinski definition) is 2. The van der Waals surface area contributed by atoms with Crippen molar-refractivity contribution < 1.29 is 42.5 Å². The fourth-order valence-corrected chi connectivity index (χ4v) is 6.55. The average molecular weight is 627 g/mol. The quantitative estimate of drug-likeness (QED) is 0.0602. The Labute approximate surface area is 262 Å². The Kier molecular flexibility index (Phi) is 14.1. The van der Waals surface area contributed by atoms with Crippen LogP contribution in [0.3, 0.4) is 0 Å². The van der Waals surface area contributed by atoms with Gasteiger partial charge >= 0.3 is 12.1 Å². The lowest BCUT2D eigenvalue weighted by molar-refractivity contribution is -0.173. The molecular weight excluding hydrogens is 571 g/mol. The van der Waals surface area contributed by atoms with Crippen LogP contribution < -0.4 is 10.9 Å². The van der Waals surface area contributed by atoms with Crippen LogP contribution in [0.25, 0.3) is 0 Å². The van der Waals surface area contributed by atoms with Crippen molar-refractivity contribution in [3.05, 3.63) is 11.6 Å². The zero-order chi connectivity index (χ0) is 32.3. The monoisotopic (exact) mass is 626 g/mol. The Morgan fingerprint density at radius 2 is 1.82 bits per heavy atom. The smallest absolute Gasteiger partial charge is 0.407 e. The summed E-state index contributed by atoms with van der Waals surface area (Å²) in [5.41, 5.74) is 1.95. The van der Waals surface area contributed by atoms with Gasteiger partial charge in [0.1, 0.15) is 29.2 Å². The first-order valence-corrected chi connectivity index (χ1v) is 16.4. The Morgan fingerprint density at radius 1 is 1.11 bits per heavy atom. The van der Waals surface area contributed by atoms with Crippen molar-refractivity contribution in [2.45, 2.75) is 128 Å². The third-order valence-corrected chi connectivity index (χ3v) is 9.49. The van der Waals surface area contributed by atoms with Gasteiger partial charge in [-0.05, 0) is 58.8 Å². The minimum absolute atomic E-state index is 0.0378. The molecule has 2 N–H and O–H groups in total. The van der Waals surface area contributed by atoms with Crippen LogP contribution >= 0.6 is 0 Å². The van der Waals surface area contributed by atoms with Gasteiger partial charge in [-0.25, -0.2) is 4.79 Å². The molecule has 2 saturated heterocycles. The number of epoxide rings is 2. The van der Waals surface area contributed by atoms with Crippen LogP contribution in [0.15, 0.2) is 11.6 Å². The first-order chi connectivity index (χ1) is 21.0. The molecule has 11 heteroatoms. The summed E-state index contributed by atoms with van der Waals surface area (Å²) in [5, 5.41) is 2.77. The van der Waals surface area contributed by atoms with E-state index in [1.807, 2.05) is 13.8 Å². The molecule has 0 radical (unpaired) electrons.